The van der Waals surface area contributed by atoms with Crippen molar-refractivity contribution < 1.29 is 19.3 Å². The van der Waals surface area contributed by atoms with Gasteiger partial charge in [-0.3, -0.25) is 4.79 Å². The van der Waals surface area contributed by atoms with Crippen molar-refractivity contribution >= 4 is 23.2 Å². The molecular weight excluding hydrogens is 374 g/mol. The van der Waals surface area contributed by atoms with Crippen molar-refractivity contribution in [1.82, 2.24) is 5.32 Å². The van der Waals surface area contributed by atoms with Crippen LogP contribution in [-0.4, -0.2) is 44.4 Å². The van der Waals surface area contributed by atoms with Gasteiger partial charge in [-0.2, -0.15) is 0 Å². The van der Waals surface area contributed by atoms with E-state index in [4.69, 9.17) is 20.2 Å². The Hall–Kier alpha value is -3.88. The number of oxime groups is 3. The van der Waals surface area contributed by atoms with Crippen molar-refractivity contribution in [2.24, 2.45) is 21.2 Å². The molecule has 2 rings (SSSR count). The number of rotatable bonds is 9. The van der Waals surface area contributed by atoms with E-state index in [1.807, 2.05) is 36.4 Å². The monoisotopic (exact) mass is 397 g/mol. The van der Waals surface area contributed by atoms with Gasteiger partial charge in [-0.1, -0.05) is 70.1 Å². The first-order valence-electron chi connectivity index (χ1n) is 8.66. The van der Waals surface area contributed by atoms with E-state index in [0.29, 0.717) is 16.8 Å². The first kappa shape index (κ1) is 21.4. The maximum Gasteiger partial charge on any atom is 0.273 e. The number of carbonyl (C=O) groups excluding carboxylic acids is 1. The molecule has 0 atom stereocenters. The number of nitrogens with two attached hydrogens (primary N) is 1. The van der Waals surface area contributed by atoms with Crippen LogP contribution in [-0.2, 0) is 25.9 Å². The van der Waals surface area contributed by atoms with Crippen LogP contribution < -0.4 is 11.1 Å². The highest BCUT2D eigenvalue weighted by atomic mass is 16.6. The molecule has 0 fully saturated rings. The van der Waals surface area contributed by atoms with E-state index in [-0.39, 0.29) is 24.1 Å². The standard InChI is InChI=1S/C20H23N5O4/c1-22-20(26)18(24-28-3)16-12-8-7-11-15(16)13-29-25-19(21)17(23-27-2)14-9-5-4-6-10-14/h4-12H,13H2,1-3H3,(H2,21,25)(H,22,26)/b23-17+,24-18+. The molecule has 3 N–H and O–H groups in total. The Balaban J connectivity index is 2.23. The van der Waals surface area contributed by atoms with Crippen molar-refractivity contribution in [3.63, 3.8) is 0 Å². The van der Waals surface area contributed by atoms with Crippen LogP contribution in [0.25, 0.3) is 0 Å². The molecule has 0 aromatic heterocycles. The fourth-order valence-corrected chi connectivity index (χ4v) is 2.45. The molecule has 0 spiro atoms. The Labute approximate surface area is 168 Å². The molecule has 0 radical (unpaired) electrons. The molecule has 0 aliphatic rings. The maximum atomic E-state index is 12.1. The minimum Gasteiger partial charge on any atom is -0.399 e. The normalized spacial score (nSPS) is 12.3. The molecular formula is C20H23N5O4. The van der Waals surface area contributed by atoms with Crippen molar-refractivity contribution in [3.05, 3.63) is 71.3 Å². The summed E-state index contributed by atoms with van der Waals surface area (Å²) in [6.45, 7) is 0.0473. The van der Waals surface area contributed by atoms with E-state index in [0.717, 1.165) is 5.56 Å². The molecule has 0 heterocycles. The van der Waals surface area contributed by atoms with Gasteiger partial charge < -0.3 is 25.6 Å². The number of nitrogens with one attached hydrogen (secondary N) is 1. The minimum atomic E-state index is -0.388. The molecule has 2 aromatic rings. The fraction of sp³-hybridized carbons (Fsp3) is 0.200. The van der Waals surface area contributed by atoms with Crippen molar-refractivity contribution in [3.8, 4) is 0 Å². The summed E-state index contributed by atoms with van der Waals surface area (Å²) in [5.41, 5.74) is 8.44. The zero-order chi connectivity index (χ0) is 21.1. The quantitative estimate of drug-likeness (QED) is 0.378. The Bertz CT molecular complexity index is 910. The first-order chi connectivity index (χ1) is 14.1. The first-order valence-corrected chi connectivity index (χ1v) is 8.66. The zero-order valence-corrected chi connectivity index (χ0v) is 16.5. The van der Waals surface area contributed by atoms with Crippen LogP contribution in [0.4, 0.5) is 0 Å². The summed E-state index contributed by atoms with van der Waals surface area (Å²) in [5.74, 6) is -0.339. The van der Waals surface area contributed by atoms with Crippen LogP contribution in [0, 0.1) is 0 Å². The molecule has 0 unspecified atom stereocenters. The molecule has 152 valence electrons. The fourth-order valence-electron chi connectivity index (χ4n) is 2.45. The lowest BCUT2D eigenvalue weighted by molar-refractivity contribution is -0.114. The number of hydrogen-bond acceptors (Lipinski definition) is 7. The number of likely N-dealkylation sites (N-methyl/N-ethyl adjacent to an activating group) is 1. The second-order valence-electron chi connectivity index (χ2n) is 5.60. The van der Waals surface area contributed by atoms with Gasteiger partial charge >= 0.3 is 0 Å². The molecule has 0 aliphatic carbocycles. The number of hydrogen-bond donors (Lipinski definition) is 2. The van der Waals surface area contributed by atoms with E-state index >= 15 is 0 Å². The SMILES string of the molecule is CNC(=O)/C(=N/OC)c1ccccc1CO/N=C(N)/C(=N/OC)c1ccccc1. The summed E-state index contributed by atoms with van der Waals surface area (Å²) < 4.78 is 0. The Morgan fingerprint density at radius 2 is 1.55 bits per heavy atom. The summed E-state index contributed by atoms with van der Waals surface area (Å²) in [7, 11) is 4.30. The maximum absolute atomic E-state index is 12.1. The third kappa shape index (κ3) is 5.80. The zero-order valence-electron chi connectivity index (χ0n) is 16.5. The van der Waals surface area contributed by atoms with Gasteiger partial charge in [-0.25, -0.2) is 0 Å². The summed E-state index contributed by atoms with van der Waals surface area (Å²) in [5, 5.41) is 14.2. The average molecular weight is 397 g/mol. The van der Waals surface area contributed by atoms with Gasteiger partial charge in [-0.15, -0.1) is 0 Å². The Kier molecular flexibility index (Phi) is 8.18. The van der Waals surface area contributed by atoms with E-state index in [1.165, 1.54) is 21.3 Å². The number of benzene rings is 2. The van der Waals surface area contributed by atoms with E-state index in [9.17, 15) is 4.79 Å². The smallest absolute Gasteiger partial charge is 0.273 e. The Morgan fingerprint density at radius 1 is 0.931 bits per heavy atom. The molecule has 0 aliphatic heterocycles. The summed E-state index contributed by atoms with van der Waals surface area (Å²) >= 11 is 0. The molecule has 1 amide bonds. The summed E-state index contributed by atoms with van der Waals surface area (Å²) in [4.78, 5) is 27.2. The number of amides is 1. The lowest BCUT2D eigenvalue weighted by atomic mass is 10.0. The molecule has 9 heteroatoms. The Morgan fingerprint density at radius 3 is 2.21 bits per heavy atom. The predicted octanol–water partition coefficient (Wildman–Crippen LogP) is 1.62. The molecule has 0 saturated heterocycles. The molecule has 29 heavy (non-hydrogen) atoms. The van der Waals surface area contributed by atoms with E-state index in [1.54, 1.807) is 18.2 Å². The second-order valence-corrected chi connectivity index (χ2v) is 5.60. The second kappa shape index (κ2) is 11.1. The van der Waals surface area contributed by atoms with Gasteiger partial charge in [0.2, 0.25) is 0 Å². The average Bonchev–Trinajstić information content (AvgIpc) is 2.76. The van der Waals surface area contributed by atoms with Gasteiger partial charge in [0.25, 0.3) is 5.91 Å². The highest BCUT2D eigenvalue weighted by Gasteiger charge is 2.17. The van der Waals surface area contributed by atoms with Crippen LogP contribution in [0.1, 0.15) is 16.7 Å². The summed E-state index contributed by atoms with van der Waals surface area (Å²) in [6.07, 6.45) is 0. The molecule has 2 aromatic carbocycles. The highest BCUT2D eigenvalue weighted by Crippen LogP contribution is 2.13. The van der Waals surface area contributed by atoms with Crippen LogP contribution in [0.15, 0.2) is 70.1 Å². The van der Waals surface area contributed by atoms with Crippen LogP contribution in [0.2, 0.25) is 0 Å². The third-order valence-electron chi connectivity index (χ3n) is 3.75. The largest absolute Gasteiger partial charge is 0.399 e. The molecule has 0 saturated carbocycles. The lowest BCUT2D eigenvalue weighted by Gasteiger charge is -2.10. The van der Waals surface area contributed by atoms with E-state index in [2.05, 4.69) is 20.8 Å². The van der Waals surface area contributed by atoms with Crippen LogP contribution >= 0.6 is 0 Å². The van der Waals surface area contributed by atoms with Gasteiger partial charge in [0.1, 0.15) is 20.8 Å². The van der Waals surface area contributed by atoms with Gasteiger partial charge in [0.05, 0.1) is 0 Å². The lowest BCUT2D eigenvalue weighted by Crippen LogP contribution is -2.29. The summed E-state index contributed by atoms with van der Waals surface area (Å²) in [6, 6.07) is 16.3. The predicted molar refractivity (Wildman–Crippen MR) is 110 cm³/mol. The van der Waals surface area contributed by atoms with Gasteiger partial charge in [0, 0.05) is 23.7 Å². The van der Waals surface area contributed by atoms with Crippen molar-refractivity contribution in [2.45, 2.75) is 6.61 Å². The van der Waals surface area contributed by atoms with Crippen molar-refractivity contribution in [2.75, 3.05) is 21.3 Å². The van der Waals surface area contributed by atoms with Crippen molar-refractivity contribution in [1.29, 1.82) is 0 Å². The van der Waals surface area contributed by atoms with Gasteiger partial charge in [0.15, 0.2) is 17.3 Å². The molecule has 9 nitrogen and oxygen atoms in total. The third-order valence-corrected chi connectivity index (χ3v) is 3.75. The number of amidine groups is 1. The van der Waals surface area contributed by atoms with Gasteiger partial charge in [-0.05, 0) is 0 Å². The number of nitrogens with zero attached hydrogens (tertiary/aromatic N) is 3. The topological polar surface area (TPSA) is 120 Å². The number of carbonyl (C=O) groups is 1. The van der Waals surface area contributed by atoms with Crippen LogP contribution in [0.5, 0.6) is 0 Å². The molecule has 0 bridgehead atoms. The minimum absolute atomic E-state index is 0.0473. The van der Waals surface area contributed by atoms with E-state index < -0.39 is 0 Å². The van der Waals surface area contributed by atoms with Crippen LogP contribution in [0.3, 0.4) is 0 Å². The highest BCUT2D eigenvalue weighted by molar-refractivity contribution is 6.47.